The van der Waals surface area contributed by atoms with Crippen molar-refractivity contribution in [3.8, 4) is 0 Å². The topological polar surface area (TPSA) is 52.7 Å². The van der Waals surface area contributed by atoms with E-state index < -0.39 is 10.0 Å². The first-order valence-electron chi connectivity index (χ1n) is 8.11. The van der Waals surface area contributed by atoms with Gasteiger partial charge in [-0.15, -0.1) is 0 Å². The van der Waals surface area contributed by atoms with Crippen molar-refractivity contribution in [1.29, 1.82) is 0 Å². The van der Waals surface area contributed by atoms with E-state index in [0.29, 0.717) is 12.6 Å². The molecule has 20 heavy (non-hydrogen) atoms. The zero-order valence-electron chi connectivity index (χ0n) is 12.3. The summed E-state index contributed by atoms with van der Waals surface area (Å²) in [5.41, 5.74) is 0. The van der Waals surface area contributed by atoms with Crippen molar-refractivity contribution < 1.29 is 8.42 Å². The number of sulfonamides is 1. The molecule has 1 atom stereocenters. The first-order valence-corrected chi connectivity index (χ1v) is 9.62. The Labute approximate surface area is 122 Å². The molecule has 3 aliphatic rings. The highest BCUT2D eigenvalue weighted by Crippen LogP contribution is 2.24. The van der Waals surface area contributed by atoms with Gasteiger partial charge in [-0.2, -0.15) is 0 Å². The zero-order chi connectivity index (χ0) is 14.0. The summed E-state index contributed by atoms with van der Waals surface area (Å²) in [6.45, 7) is 5.34. The molecule has 0 aliphatic carbocycles. The van der Waals surface area contributed by atoms with E-state index in [-0.39, 0.29) is 5.25 Å². The lowest BCUT2D eigenvalue weighted by Crippen LogP contribution is -2.50. The summed E-state index contributed by atoms with van der Waals surface area (Å²) in [7, 11) is -3.06. The third-order valence-corrected chi connectivity index (χ3v) is 7.46. The molecule has 3 fully saturated rings. The molecule has 1 unspecified atom stereocenters. The van der Waals surface area contributed by atoms with Crippen molar-refractivity contribution in [2.75, 3.05) is 39.3 Å². The Balaban J connectivity index is 1.55. The van der Waals surface area contributed by atoms with Crippen molar-refractivity contribution in [3.05, 3.63) is 0 Å². The van der Waals surface area contributed by atoms with E-state index >= 15 is 0 Å². The Morgan fingerprint density at radius 2 is 1.60 bits per heavy atom. The van der Waals surface area contributed by atoms with Crippen LogP contribution in [0, 0.1) is 0 Å². The SMILES string of the molecule is O=S(=O)(C1CCNC1)N1CCC(N2CCCCC2)CC1. The molecular formula is C14H27N3O2S. The molecule has 0 aromatic carbocycles. The maximum atomic E-state index is 12.5. The van der Waals surface area contributed by atoms with E-state index in [1.807, 2.05) is 0 Å². The molecule has 6 heteroatoms. The third kappa shape index (κ3) is 3.03. The number of hydrogen-bond donors (Lipinski definition) is 1. The Bertz CT molecular complexity index is 406. The van der Waals surface area contributed by atoms with Crippen molar-refractivity contribution >= 4 is 10.0 Å². The summed E-state index contributed by atoms with van der Waals surface area (Å²) in [5.74, 6) is 0. The number of likely N-dealkylation sites (tertiary alicyclic amines) is 1. The predicted octanol–water partition coefficient (Wildman–Crippen LogP) is 0.628. The molecule has 1 N–H and O–H groups in total. The van der Waals surface area contributed by atoms with Gasteiger partial charge in [0.2, 0.25) is 10.0 Å². The van der Waals surface area contributed by atoms with Crippen molar-refractivity contribution in [1.82, 2.24) is 14.5 Å². The maximum Gasteiger partial charge on any atom is 0.218 e. The summed E-state index contributed by atoms with van der Waals surface area (Å²) >= 11 is 0. The molecule has 0 saturated carbocycles. The van der Waals surface area contributed by atoms with E-state index in [9.17, 15) is 8.42 Å². The summed E-state index contributed by atoms with van der Waals surface area (Å²) in [5, 5.41) is 2.98. The molecule has 0 amide bonds. The number of nitrogens with zero attached hydrogens (tertiary/aromatic N) is 2. The number of rotatable bonds is 3. The molecule has 0 aromatic heterocycles. The first kappa shape index (κ1) is 14.8. The van der Waals surface area contributed by atoms with Gasteiger partial charge in [0.15, 0.2) is 0 Å². The number of piperidine rings is 2. The van der Waals surface area contributed by atoms with Gasteiger partial charge in [-0.3, -0.25) is 0 Å². The standard InChI is InChI=1S/C14H27N3O2S/c18-20(19,14-4-7-15-12-14)17-10-5-13(6-11-17)16-8-2-1-3-9-16/h13-15H,1-12H2. The Hall–Kier alpha value is -0.170. The fourth-order valence-corrected chi connectivity index (χ4v) is 5.72. The molecule has 3 heterocycles. The van der Waals surface area contributed by atoms with Crippen LogP contribution in [0.1, 0.15) is 38.5 Å². The molecule has 0 bridgehead atoms. The van der Waals surface area contributed by atoms with Gasteiger partial charge in [-0.25, -0.2) is 12.7 Å². The summed E-state index contributed by atoms with van der Waals surface area (Å²) in [4.78, 5) is 2.59. The van der Waals surface area contributed by atoms with Crippen LogP contribution in [0.3, 0.4) is 0 Å². The molecule has 0 spiro atoms. The highest BCUT2D eigenvalue weighted by atomic mass is 32.2. The Morgan fingerprint density at radius 1 is 0.900 bits per heavy atom. The highest BCUT2D eigenvalue weighted by molar-refractivity contribution is 7.89. The first-order chi connectivity index (χ1) is 9.68. The van der Waals surface area contributed by atoms with Crippen LogP contribution in [-0.4, -0.2) is 68.2 Å². The van der Waals surface area contributed by atoms with E-state index in [1.165, 1.54) is 32.4 Å². The minimum atomic E-state index is -3.06. The Morgan fingerprint density at radius 3 is 2.20 bits per heavy atom. The minimum Gasteiger partial charge on any atom is -0.315 e. The lowest BCUT2D eigenvalue weighted by molar-refractivity contribution is 0.117. The second-order valence-corrected chi connectivity index (χ2v) is 8.60. The Kier molecular flexibility index (Phi) is 4.65. The zero-order valence-corrected chi connectivity index (χ0v) is 13.1. The van der Waals surface area contributed by atoms with Gasteiger partial charge in [-0.05, 0) is 51.7 Å². The molecule has 0 radical (unpaired) electrons. The van der Waals surface area contributed by atoms with Crippen molar-refractivity contribution in [3.63, 3.8) is 0 Å². The van der Waals surface area contributed by atoms with Gasteiger partial charge >= 0.3 is 0 Å². The van der Waals surface area contributed by atoms with Crippen LogP contribution < -0.4 is 5.32 Å². The van der Waals surface area contributed by atoms with Gasteiger partial charge in [0.25, 0.3) is 0 Å². The monoisotopic (exact) mass is 301 g/mol. The highest BCUT2D eigenvalue weighted by Gasteiger charge is 2.37. The summed E-state index contributed by atoms with van der Waals surface area (Å²) in [6.07, 6.45) is 6.78. The van der Waals surface area contributed by atoms with Crippen molar-refractivity contribution in [2.24, 2.45) is 0 Å². The fourth-order valence-electron chi connectivity index (χ4n) is 3.84. The van der Waals surface area contributed by atoms with Crippen LogP contribution in [-0.2, 0) is 10.0 Å². The van der Waals surface area contributed by atoms with E-state index in [1.54, 1.807) is 4.31 Å². The average Bonchev–Trinajstić information content (AvgIpc) is 3.03. The largest absolute Gasteiger partial charge is 0.315 e. The molecule has 3 saturated heterocycles. The second kappa shape index (κ2) is 6.30. The number of nitrogens with one attached hydrogen (secondary N) is 1. The quantitative estimate of drug-likeness (QED) is 0.831. The van der Waals surface area contributed by atoms with Crippen molar-refractivity contribution in [2.45, 2.75) is 49.8 Å². The van der Waals surface area contributed by atoms with Gasteiger partial charge in [-0.1, -0.05) is 6.42 Å². The number of hydrogen-bond acceptors (Lipinski definition) is 4. The van der Waals surface area contributed by atoms with Gasteiger partial charge in [0.05, 0.1) is 5.25 Å². The van der Waals surface area contributed by atoms with Crippen LogP contribution in [0.4, 0.5) is 0 Å². The lowest BCUT2D eigenvalue weighted by atomic mass is 10.0. The lowest BCUT2D eigenvalue weighted by Gasteiger charge is -2.40. The van der Waals surface area contributed by atoms with E-state index in [0.717, 1.165) is 38.9 Å². The van der Waals surface area contributed by atoms with E-state index in [2.05, 4.69) is 10.2 Å². The minimum absolute atomic E-state index is 0.186. The second-order valence-electron chi connectivity index (χ2n) is 6.39. The maximum absolute atomic E-state index is 12.5. The van der Waals surface area contributed by atoms with Crippen LogP contribution in [0.5, 0.6) is 0 Å². The van der Waals surface area contributed by atoms with Gasteiger partial charge in [0.1, 0.15) is 0 Å². The summed E-state index contributed by atoms with van der Waals surface area (Å²) < 4.78 is 26.8. The molecule has 0 aromatic rings. The molecule has 3 aliphatic heterocycles. The molecule has 5 nitrogen and oxygen atoms in total. The molecule has 116 valence electrons. The van der Waals surface area contributed by atoms with Crippen LogP contribution in [0.2, 0.25) is 0 Å². The average molecular weight is 301 g/mol. The third-order valence-electron chi connectivity index (χ3n) is 5.13. The molecular weight excluding hydrogens is 274 g/mol. The molecule has 3 rings (SSSR count). The van der Waals surface area contributed by atoms with Crippen LogP contribution >= 0.6 is 0 Å². The normalized spacial score (nSPS) is 31.7. The van der Waals surface area contributed by atoms with Gasteiger partial charge in [0, 0.05) is 25.7 Å². The van der Waals surface area contributed by atoms with Gasteiger partial charge < -0.3 is 10.2 Å². The van der Waals surface area contributed by atoms with E-state index in [4.69, 9.17) is 0 Å². The smallest absolute Gasteiger partial charge is 0.218 e. The van der Waals surface area contributed by atoms with Crippen LogP contribution in [0.25, 0.3) is 0 Å². The summed E-state index contributed by atoms with van der Waals surface area (Å²) in [6, 6.07) is 0.614. The van der Waals surface area contributed by atoms with Crippen LogP contribution in [0.15, 0.2) is 0 Å². The fraction of sp³-hybridized carbons (Fsp3) is 1.00. The predicted molar refractivity (Wildman–Crippen MR) is 80.2 cm³/mol.